The maximum atomic E-state index is 12.4. The van der Waals surface area contributed by atoms with Crippen molar-refractivity contribution in [3.8, 4) is 0 Å². The fourth-order valence-corrected chi connectivity index (χ4v) is 3.01. The van der Waals surface area contributed by atoms with Crippen LogP contribution in [0, 0.1) is 11.3 Å². The molecule has 3 unspecified atom stereocenters. The number of carbonyl (C=O) groups is 2. The molecule has 1 aliphatic carbocycles. The van der Waals surface area contributed by atoms with E-state index in [9.17, 15) is 9.59 Å². The van der Waals surface area contributed by atoms with E-state index in [1.54, 1.807) is 13.0 Å². The van der Waals surface area contributed by atoms with Crippen molar-refractivity contribution in [2.75, 3.05) is 19.8 Å². The van der Waals surface area contributed by atoms with Crippen molar-refractivity contribution >= 4 is 11.8 Å². The van der Waals surface area contributed by atoms with Gasteiger partial charge in [-0.15, -0.1) is 6.58 Å². The molecule has 1 saturated heterocycles. The van der Waals surface area contributed by atoms with Gasteiger partial charge in [0.1, 0.15) is 5.41 Å². The van der Waals surface area contributed by atoms with Crippen LogP contribution in [0.3, 0.4) is 0 Å². The lowest BCUT2D eigenvalue weighted by Gasteiger charge is -2.22. The average Bonchev–Trinajstić information content (AvgIpc) is 3.28. The number of Topliss-reactive ketones (excluding diaryl/α,β-unsaturated/α-hetero) is 1. The summed E-state index contributed by atoms with van der Waals surface area (Å²) in [5.41, 5.74) is -0.973. The van der Waals surface area contributed by atoms with Gasteiger partial charge in [0.05, 0.1) is 13.2 Å². The summed E-state index contributed by atoms with van der Waals surface area (Å²) in [6, 6.07) is 0. The minimum absolute atomic E-state index is 0.0518. The molecule has 0 N–H and O–H groups in total. The van der Waals surface area contributed by atoms with Gasteiger partial charge < -0.3 is 14.2 Å². The third-order valence-corrected chi connectivity index (χ3v) is 4.43. The van der Waals surface area contributed by atoms with Gasteiger partial charge in [0, 0.05) is 18.9 Å². The van der Waals surface area contributed by atoms with Crippen LogP contribution in [0.5, 0.6) is 0 Å². The zero-order chi connectivity index (χ0) is 16.0. The van der Waals surface area contributed by atoms with Gasteiger partial charge >= 0.3 is 5.97 Å². The molecule has 2 fully saturated rings. The first-order chi connectivity index (χ1) is 10.6. The van der Waals surface area contributed by atoms with E-state index in [0.717, 1.165) is 25.9 Å². The average molecular weight is 310 g/mol. The third kappa shape index (κ3) is 3.76. The molecule has 1 aliphatic heterocycles. The van der Waals surface area contributed by atoms with Crippen LogP contribution in [0.25, 0.3) is 0 Å². The Morgan fingerprint density at radius 2 is 2.23 bits per heavy atom. The minimum Gasteiger partial charge on any atom is -0.465 e. The van der Waals surface area contributed by atoms with Crippen molar-refractivity contribution in [1.29, 1.82) is 0 Å². The van der Waals surface area contributed by atoms with Crippen molar-refractivity contribution in [2.24, 2.45) is 11.3 Å². The first kappa shape index (κ1) is 17.2. The van der Waals surface area contributed by atoms with Crippen LogP contribution in [-0.2, 0) is 23.8 Å². The second-order valence-corrected chi connectivity index (χ2v) is 5.93. The van der Waals surface area contributed by atoms with E-state index < -0.39 is 11.4 Å². The molecule has 1 saturated carbocycles. The second-order valence-electron chi connectivity index (χ2n) is 5.93. The number of ether oxygens (including phenoxy) is 3. The molecule has 5 nitrogen and oxygen atoms in total. The van der Waals surface area contributed by atoms with Crippen LogP contribution in [-0.4, -0.2) is 37.9 Å². The van der Waals surface area contributed by atoms with Gasteiger partial charge in [-0.25, -0.2) is 0 Å². The highest BCUT2D eigenvalue weighted by Gasteiger charge is 2.64. The van der Waals surface area contributed by atoms with Crippen molar-refractivity contribution in [1.82, 2.24) is 0 Å². The first-order valence-corrected chi connectivity index (χ1v) is 8.21. The van der Waals surface area contributed by atoms with Crippen molar-refractivity contribution in [3.63, 3.8) is 0 Å². The van der Waals surface area contributed by atoms with Gasteiger partial charge in [-0.3, -0.25) is 9.59 Å². The molecule has 0 aromatic rings. The number of carbonyl (C=O) groups excluding carboxylic acids is 2. The van der Waals surface area contributed by atoms with Gasteiger partial charge in [0.15, 0.2) is 12.1 Å². The number of hydrogen-bond donors (Lipinski definition) is 0. The highest BCUT2D eigenvalue weighted by molar-refractivity contribution is 6.07. The second kappa shape index (κ2) is 7.88. The van der Waals surface area contributed by atoms with E-state index in [4.69, 9.17) is 14.2 Å². The summed E-state index contributed by atoms with van der Waals surface area (Å²) in [6.45, 7) is 6.97. The summed E-state index contributed by atoms with van der Waals surface area (Å²) in [6.07, 6.45) is 6.13. The highest BCUT2D eigenvalue weighted by Crippen LogP contribution is 2.55. The molecule has 2 aliphatic rings. The van der Waals surface area contributed by atoms with E-state index in [-0.39, 0.29) is 18.0 Å². The maximum absolute atomic E-state index is 12.4. The Kier molecular flexibility index (Phi) is 6.15. The largest absolute Gasteiger partial charge is 0.465 e. The lowest BCUT2D eigenvalue weighted by Crippen LogP contribution is -2.30. The van der Waals surface area contributed by atoms with Gasteiger partial charge in [0.2, 0.25) is 0 Å². The van der Waals surface area contributed by atoms with Crippen LogP contribution >= 0.6 is 0 Å². The normalized spacial score (nSPS) is 30.6. The first-order valence-electron chi connectivity index (χ1n) is 8.21. The molecule has 0 aromatic heterocycles. The Labute approximate surface area is 132 Å². The SMILES string of the molecule is C=CC1CC1(C(=O)CCCOC1CCCCO1)C(=O)OCC. The molecule has 0 spiro atoms. The molecule has 5 heteroatoms. The molecule has 0 radical (unpaired) electrons. The molecular weight excluding hydrogens is 284 g/mol. The predicted molar refractivity (Wildman–Crippen MR) is 81.2 cm³/mol. The summed E-state index contributed by atoms with van der Waals surface area (Å²) in [5.74, 6) is -0.535. The van der Waals surface area contributed by atoms with Crippen LogP contribution in [0.2, 0.25) is 0 Å². The van der Waals surface area contributed by atoms with E-state index in [2.05, 4.69) is 6.58 Å². The summed E-state index contributed by atoms with van der Waals surface area (Å²) >= 11 is 0. The lowest BCUT2D eigenvalue weighted by molar-refractivity contribution is -0.164. The third-order valence-electron chi connectivity index (χ3n) is 4.43. The molecular formula is C17H26O5. The van der Waals surface area contributed by atoms with Crippen LogP contribution < -0.4 is 0 Å². The van der Waals surface area contributed by atoms with E-state index in [1.165, 1.54) is 0 Å². The predicted octanol–water partition coefficient (Wildman–Crippen LogP) is 2.63. The standard InChI is InChI=1S/C17H26O5/c1-3-13-12-17(13,16(19)20-4-2)14(18)8-7-11-22-15-9-5-6-10-21-15/h3,13,15H,1,4-12H2,2H3. The number of hydrogen-bond acceptors (Lipinski definition) is 5. The zero-order valence-electron chi connectivity index (χ0n) is 13.3. The quantitative estimate of drug-likeness (QED) is 0.283. The Balaban J connectivity index is 1.75. The van der Waals surface area contributed by atoms with Gasteiger partial charge in [-0.1, -0.05) is 6.08 Å². The number of esters is 1. The Hall–Kier alpha value is -1.20. The lowest BCUT2D eigenvalue weighted by atomic mass is 9.94. The maximum Gasteiger partial charge on any atom is 0.320 e. The molecule has 0 aromatic carbocycles. The summed E-state index contributed by atoms with van der Waals surface area (Å²) in [7, 11) is 0. The van der Waals surface area contributed by atoms with Gasteiger partial charge in [0.25, 0.3) is 0 Å². The molecule has 124 valence electrons. The number of ketones is 1. The molecule has 3 atom stereocenters. The van der Waals surface area contributed by atoms with Crippen LogP contribution in [0.4, 0.5) is 0 Å². The van der Waals surface area contributed by atoms with E-state index in [0.29, 0.717) is 32.5 Å². The minimum atomic E-state index is -0.973. The summed E-state index contributed by atoms with van der Waals surface area (Å²) < 4.78 is 16.2. The molecule has 1 heterocycles. The Morgan fingerprint density at radius 3 is 2.82 bits per heavy atom. The Bertz CT molecular complexity index is 413. The summed E-state index contributed by atoms with van der Waals surface area (Å²) in [4.78, 5) is 24.5. The van der Waals surface area contributed by atoms with E-state index in [1.807, 2.05) is 0 Å². The number of rotatable bonds is 9. The monoisotopic (exact) mass is 310 g/mol. The fraction of sp³-hybridized carbons (Fsp3) is 0.765. The van der Waals surface area contributed by atoms with Gasteiger partial charge in [-0.05, 0) is 39.0 Å². The van der Waals surface area contributed by atoms with Crippen molar-refractivity contribution in [2.45, 2.75) is 51.7 Å². The van der Waals surface area contributed by atoms with Crippen LogP contribution in [0.15, 0.2) is 12.7 Å². The smallest absolute Gasteiger partial charge is 0.320 e. The van der Waals surface area contributed by atoms with Gasteiger partial charge in [-0.2, -0.15) is 0 Å². The van der Waals surface area contributed by atoms with Crippen molar-refractivity contribution in [3.05, 3.63) is 12.7 Å². The molecule has 0 amide bonds. The van der Waals surface area contributed by atoms with E-state index >= 15 is 0 Å². The van der Waals surface area contributed by atoms with Crippen LogP contribution in [0.1, 0.15) is 45.4 Å². The molecule has 22 heavy (non-hydrogen) atoms. The highest BCUT2D eigenvalue weighted by atomic mass is 16.7. The summed E-state index contributed by atoms with van der Waals surface area (Å²) in [5, 5.41) is 0. The molecule has 0 bridgehead atoms. The topological polar surface area (TPSA) is 61.8 Å². The molecule has 2 rings (SSSR count). The fourth-order valence-electron chi connectivity index (χ4n) is 3.01. The number of allylic oxidation sites excluding steroid dienone is 1. The Morgan fingerprint density at radius 1 is 1.41 bits per heavy atom. The zero-order valence-corrected chi connectivity index (χ0v) is 13.3. The van der Waals surface area contributed by atoms with Crippen molar-refractivity contribution < 1.29 is 23.8 Å².